The summed E-state index contributed by atoms with van der Waals surface area (Å²) < 4.78 is 0. The maximum absolute atomic E-state index is 12.2. The Morgan fingerprint density at radius 1 is 1.03 bits per heavy atom. The molecule has 30 heavy (non-hydrogen) atoms. The Morgan fingerprint density at radius 2 is 1.83 bits per heavy atom. The molecule has 0 aliphatic carbocycles. The average molecular weight is 435 g/mol. The number of thiophene rings is 2. The number of carbonyl (C=O) groups excluding carboxylic acids is 2. The number of aromatic nitrogens is 2. The highest BCUT2D eigenvalue weighted by atomic mass is 32.1. The Hall–Kier alpha value is -3.56. The van der Waals surface area contributed by atoms with Crippen molar-refractivity contribution >= 4 is 50.5 Å². The van der Waals surface area contributed by atoms with E-state index >= 15 is 0 Å². The van der Waals surface area contributed by atoms with Crippen LogP contribution in [0, 0.1) is 0 Å². The molecular formula is C21H14N4O3S2. The first-order chi connectivity index (χ1) is 14.5. The normalized spacial score (nSPS) is 13.9. The second-order valence-corrected chi connectivity index (χ2v) is 8.64. The topological polar surface area (TPSA) is 104 Å². The molecule has 3 N–H and O–H groups in total. The van der Waals surface area contributed by atoms with Crippen molar-refractivity contribution < 1.29 is 14.7 Å². The largest absolute Gasteiger partial charge is 0.508 e. The number of aromatic hydroxyl groups is 1. The molecule has 0 unspecified atom stereocenters. The summed E-state index contributed by atoms with van der Waals surface area (Å²) in [6, 6.07) is 12.7. The van der Waals surface area contributed by atoms with Crippen LogP contribution >= 0.6 is 22.7 Å². The van der Waals surface area contributed by atoms with Gasteiger partial charge in [0.25, 0.3) is 11.8 Å². The quantitative estimate of drug-likeness (QED) is 0.417. The van der Waals surface area contributed by atoms with Gasteiger partial charge in [0.2, 0.25) is 0 Å². The van der Waals surface area contributed by atoms with Gasteiger partial charge in [0.15, 0.2) is 5.82 Å². The maximum atomic E-state index is 12.2. The van der Waals surface area contributed by atoms with Gasteiger partial charge in [-0.05, 0) is 54.3 Å². The Kier molecular flexibility index (Phi) is 4.34. The molecule has 9 heteroatoms. The molecule has 148 valence electrons. The fraction of sp³-hybridized carbons (Fsp3) is 0.0476. The van der Waals surface area contributed by atoms with Crippen LogP contribution in [0.25, 0.3) is 31.4 Å². The molecule has 3 aromatic heterocycles. The Labute approximate surface area is 178 Å². The first kappa shape index (κ1) is 18.5. The number of imide groups is 1. The summed E-state index contributed by atoms with van der Waals surface area (Å²) in [6.45, 7) is 1.59. The van der Waals surface area contributed by atoms with E-state index in [-0.39, 0.29) is 11.4 Å². The van der Waals surface area contributed by atoms with Gasteiger partial charge in [-0.2, -0.15) is 0 Å². The van der Waals surface area contributed by atoms with Crippen molar-refractivity contribution in [1.82, 2.24) is 15.3 Å². The maximum Gasteiger partial charge on any atom is 0.275 e. The van der Waals surface area contributed by atoms with E-state index in [4.69, 9.17) is 4.98 Å². The van der Waals surface area contributed by atoms with Crippen molar-refractivity contribution in [2.75, 3.05) is 5.32 Å². The fourth-order valence-corrected chi connectivity index (χ4v) is 4.81. The van der Waals surface area contributed by atoms with Gasteiger partial charge in [-0.1, -0.05) is 6.07 Å². The summed E-state index contributed by atoms with van der Waals surface area (Å²) in [5.41, 5.74) is 1.44. The van der Waals surface area contributed by atoms with Crippen molar-refractivity contribution in [1.29, 1.82) is 0 Å². The third kappa shape index (κ3) is 3.14. The first-order valence-electron chi connectivity index (χ1n) is 8.98. The number of amides is 2. The molecule has 7 nitrogen and oxygen atoms in total. The Morgan fingerprint density at radius 3 is 2.50 bits per heavy atom. The van der Waals surface area contributed by atoms with Crippen molar-refractivity contribution in [3.05, 3.63) is 59.1 Å². The van der Waals surface area contributed by atoms with Gasteiger partial charge in [0, 0.05) is 10.5 Å². The molecule has 0 saturated carbocycles. The molecule has 4 heterocycles. The molecule has 0 saturated heterocycles. The molecular weight excluding hydrogens is 420 g/mol. The van der Waals surface area contributed by atoms with E-state index in [1.165, 1.54) is 22.7 Å². The van der Waals surface area contributed by atoms with Gasteiger partial charge >= 0.3 is 0 Å². The van der Waals surface area contributed by atoms with Crippen LogP contribution in [-0.2, 0) is 9.59 Å². The van der Waals surface area contributed by atoms with Gasteiger partial charge in [0.05, 0.1) is 10.3 Å². The summed E-state index contributed by atoms with van der Waals surface area (Å²) in [5.74, 6) is 0.310. The van der Waals surface area contributed by atoms with E-state index in [1.807, 2.05) is 35.7 Å². The highest BCUT2D eigenvalue weighted by molar-refractivity contribution is 7.22. The minimum atomic E-state index is -0.476. The van der Waals surface area contributed by atoms with Gasteiger partial charge in [0.1, 0.15) is 22.1 Å². The molecule has 2 amide bonds. The number of rotatable bonds is 4. The van der Waals surface area contributed by atoms with Crippen LogP contribution in [0.2, 0.25) is 0 Å². The van der Waals surface area contributed by atoms with E-state index in [0.29, 0.717) is 17.2 Å². The van der Waals surface area contributed by atoms with Crippen molar-refractivity contribution in [2.45, 2.75) is 6.92 Å². The number of nitrogens with one attached hydrogen (secondary N) is 2. The van der Waals surface area contributed by atoms with E-state index in [2.05, 4.69) is 15.6 Å². The number of nitrogens with zero attached hydrogens (tertiary/aromatic N) is 2. The summed E-state index contributed by atoms with van der Waals surface area (Å²) in [5, 5.41) is 17.6. The SMILES string of the molecule is CC1=C(Nc2nc(-c3cccs3)nc3sc(-c4ccc(O)cc4)cc23)C(=O)NC1=O. The molecule has 0 radical (unpaired) electrons. The van der Waals surface area contributed by atoms with Crippen LogP contribution < -0.4 is 10.6 Å². The second-order valence-electron chi connectivity index (χ2n) is 6.66. The summed E-state index contributed by atoms with van der Waals surface area (Å²) >= 11 is 3.01. The first-order valence-corrected chi connectivity index (χ1v) is 10.7. The molecule has 1 aliphatic rings. The minimum Gasteiger partial charge on any atom is -0.508 e. The van der Waals surface area contributed by atoms with E-state index < -0.39 is 11.8 Å². The van der Waals surface area contributed by atoms with Gasteiger partial charge in [-0.25, -0.2) is 9.97 Å². The van der Waals surface area contributed by atoms with Gasteiger partial charge in [-0.3, -0.25) is 14.9 Å². The van der Waals surface area contributed by atoms with Crippen LogP contribution in [0.3, 0.4) is 0 Å². The molecule has 0 bridgehead atoms. The van der Waals surface area contributed by atoms with Crippen molar-refractivity contribution in [2.24, 2.45) is 0 Å². The van der Waals surface area contributed by atoms with Crippen molar-refractivity contribution in [3.8, 4) is 26.9 Å². The zero-order valence-electron chi connectivity index (χ0n) is 15.6. The lowest BCUT2D eigenvalue weighted by molar-refractivity contribution is -0.124. The van der Waals surface area contributed by atoms with E-state index in [1.54, 1.807) is 19.1 Å². The molecule has 1 aliphatic heterocycles. The second kappa shape index (κ2) is 7.05. The Balaban J connectivity index is 1.68. The van der Waals surface area contributed by atoms with Gasteiger partial charge in [-0.15, -0.1) is 22.7 Å². The van der Waals surface area contributed by atoms with Crippen LogP contribution in [0.5, 0.6) is 5.75 Å². The van der Waals surface area contributed by atoms with E-state index in [0.717, 1.165) is 25.5 Å². The summed E-state index contributed by atoms with van der Waals surface area (Å²) in [4.78, 5) is 36.0. The number of hydrogen-bond donors (Lipinski definition) is 3. The monoisotopic (exact) mass is 434 g/mol. The average Bonchev–Trinajstić information content (AvgIpc) is 3.45. The van der Waals surface area contributed by atoms with Crippen LogP contribution in [0.1, 0.15) is 6.92 Å². The predicted octanol–water partition coefficient (Wildman–Crippen LogP) is 4.13. The highest BCUT2D eigenvalue weighted by Gasteiger charge is 2.28. The van der Waals surface area contributed by atoms with Crippen LogP contribution in [0.4, 0.5) is 5.82 Å². The fourth-order valence-electron chi connectivity index (χ4n) is 3.11. The van der Waals surface area contributed by atoms with Crippen LogP contribution in [-0.4, -0.2) is 26.9 Å². The third-order valence-corrected chi connectivity index (χ3v) is 6.64. The molecule has 5 rings (SSSR count). The predicted molar refractivity (Wildman–Crippen MR) is 117 cm³/mol. The number of phenolic OH excluding ortho intramolecular Hbond substituents is 1. The molecule has 0 fully saturated rings. The lowest BCUT2D eigenvalue weighted by Crippen LogP contribution is -2.24. The zero-order valence-corrected chi connectivity index (χ0v) is 17.2. The third-order valence-electron chi connectivity index (χ3n) is 4.70. The zero-order chi connectivity index (χ0) is 20.8. The number of benzene rings is 1. The number of hydrogen-bond acceptors (Lipinski definition) is 8. The van der Waals surface area contributed by atoms with Gasteiger partial charge < -0.3 is 10.4 Å². The smallest absolute Gasteiger partial charge is 0.275 e. The van der Waals surface area contributed by atoms with Crippen molar-refractivity contribution in [3.63, 3.8) is 0 Å². The van der Waals surface area contributed by atoms with E-state index in [9.17, 15) is 14.7 Å². The van der Waals surface area contributed by atoms with Crippen LogP contribution in [0.15, 0.2) is 59.1 Å². The lowest BCUT2D eigenvalue weighted by atomic mass is 10.1. The minimum absolute atomic E-state index is 0.189. The molecule has 0 spiro atoms. The summed E-state index contributed by atoms with van der Waals surface area (Å²) in [6.07, 6.45) is 0. The lowest BCUT2D eigenvalue weighted by Gasteiger charge is -2.08. The number of fused-ring (bicyclic) bond motifs is 1. The number of phenols is 1. The standard InChI is InChI=1S/C21H14N4O3S2/c1-10-16(20(28)25-19(10)27)22-17-13-9-15(11-4-6-12(26)7-5-11)30-21(13)24-18(23-17)14-3-2-8-29-14/h2-9,26H,1H3,(H2,22,23,24,25,27,28). The molecule has 4 aromatic rings. The summed E-state index contributed by atoms with van der Waals surface area (Å²) in [7, 11) is 0. The molecule has 0 atom stereocenters. The Bertz CT molecular complexity index is 1340. The molecule has 1 aromatic carbocycles. The number of anilines is 1. The highest BCUT2D eigenvalue weighted by Crippen LogP contribution is 2.38. The number of carbonyl (C=O) groups is 2.